The number of benzene rings is 2. The van der Waals surface area contributed by atoms with E-state index in [0.29, 0.717) is 23.9 Å². The predicted octanol–water partition coefficient (Wildman–Crippen LogP) is 4.65. The summed E-state index contributed by atoms with van der Waals surface area (Å²) >= 11 is 6.25. The minimum Gasteiger partial charge on any atom is -0.495 e. The van der Waals surface area contributed by atoms with Gasteiger partial charge in [0.2, 0.25) is 0 Å². The summed E-state index contributed by atoms with van der Waals surface area (Å²) in [6, 6.07) is 10.2. The minimum atomic E-state index is 0.176. The van der Waals surface area contributed by atoms with Gasteiger partial charge in [0.15, 0.2) is 0 Å². The highest BCUT2D eigenvalue weighted by atomic mass is 35.5. The lowest BCUT2D eigenvalue weighted by Gasteiger charge is -2.21. The fraction of sp³-hybridized carbons (Fsp3) is 0.400. The second-order valence-electron chi connectivity index (χ2n) is 6.01. The molecule has 4 heteroatoms. The molecule has 2 aromatic carbocycles. The first-order valence-electron chi connectivity index (χ1n) is 8.26. The lowest BCUT2D eigenvalue weighted by molar-refractivity contribution is 0.333. The highest BCUT2D eigenvalue weighted by molar-refractivity contribution is 6.32. The Morgan fingerprint density at radius 1 is 1.08 bits per heavy atom. The summed E-state index contributed by atoms with van der Waals surface area (Å²) in [4.78, 5) is 0. The Bertz CT molecular complexity index is 700. The van der Waals surface area contributed by atoms with Crippen molar-refractivity contribution in [2.75, 3.05) is 20.3 Å². The van der Waals surface area contributed by atoms with Crippen LogP contribution < -0.4 is 15.2 Å². The first kappa shape index (κ1) is 18.6. The molecular weight excluding hydrogens is 322 g/mol. The molecule has 0 aliphatic heterocycles. The van der Waals surface area contributed by atoms with E-state index < -0.39 is 0 Å². The molecule has 130 valence electrons. The van der Waals surface area contributed by atoms with Crippen LogP contribution in [-0.2, 0) is 6.42 Å². The normalized spacial score (nSPS) is 12.1. The maximum atomic E-state index is 6.25. The Hall–Kier alpha value is -1.71. The summed E-state index contributed by atoms with van der Waals surface area (Å²) < 4.78 is 11.1. The van der Waals surface area contributed by atoms with Crippen LogP contribution >= 0.6 is 11.6 Å². The van der Waals surface area contributed by atoms with Crippen LogP contribution in [0.1, 0.15) is 35.1 Å². The Morgan fingerprint density at radius 2 is 1.79 bits per heavy atom. The third-order valence-corrected chi connectivity index (χ3v) is 4.64. The van der Waals surface area contributed by atoms with Crippen molar-refractivity contribution in [1.29, 1.82) is 0 Å². The molecule has 0 heterocycles. The lowest BCUT2D eigenvalue weighted by Crippen LogP contribution is -2.17. The topological polar surface area (TPSA) is 44.5 Å². The second kappa shape index (κ2) is 8.41. The predicted molar refractivity (Wildman–Crippen MR) is 101 cm³/mol. The highest BCUT2D eigenvalue weighted by Crippen LogP contribution is 2.33. The fourth-order valence-corrected chi connectivity index (χ4v) is 3.13. The Kier molecular flexibility index (Phi) is 6.52. The lowest BCUT2D eigenvalue weighted by atomic mass is 9.89. The van der Waals surface area contributed by atoms with Gasteiger partial charge in [0.05, 0.1) is 18.7 Å². The zero-order valence-corrected chi connectivity index (χ0v) is 15.6. The van der Waals surface area contributed by atoms with E-state index >= 15 is 0 Å². The van der Waals surface area contributed by atoms with Gasteiger partial charge in [-0.15, -0.1) is 0 Å². The van der Waals surface area contributed by atoms with E-state index in [4.69, 9.17) is 26.8 Å². The molecule has 0 bridgehead atoms. The number of halogens is 1. The van der Waals surface area contributed by atoms with Gasteiger partial charge in [-0.05, 0) is 74.2 Å². The maximum absolute atomic E-state index is 6.25. The minimum absolute atomic E-state index is 0.176. The molecule has 0 spiro atoms. The first-order valence-corrected chi connectivity index (χ1v) is 8.64. The average molecular weight is 348 g/mol. The van der Waals surface area contributed by atoms with E-state index in [-0.39, 0.29) is 5.92 Å². The van der Waals surface area contributed by atoms with Crippen LogP contribution in [0.25, 0.3) is 0 Å². The number of hydrogen-bond acceptors (Lipinski definition) is 3. The van der Waals surface area contributed by atoms with Crippen molar-refractivity contribution in [3.8, 4) is 11.5 Å². The van der Waals surface area contributed by atoms with Gasteiger partial charge in [-0.25, -0.2) is 0 Å². The van der Waals surface area contributed by atoms with Gasteiger partial charge in [-0.1, -0.05) is 23.7 Å². The molecule has 0 aromatic heterocycles. The van der Waals surface area contributed by atoms with Crippen LogP contribution in [-0.4, -0.2) is 20.3 Å². The molecular formula is C20H26ClNO2. The Morgan fingerprint density at radius 3 is 2.38 bits per heavy atom. The number of hydrogen-bond donors (Lipinski definition) is 1. The van der Waals surface area contributed by atoms with Crippen molar-refractivity contribution in [1.82, 2.24) is 0 Å². The van der Waals surface area contributed by atoms with E-state index in [1.807, 2.05) is 25.1 Å². The van der Waals surface area contributed by atoms with Gasteiger partial charge in [0, 0.05) is 5.92 Å². The molecule has 2 aromatic rings. The number of nitrogens with two attached hydrogens (primary N) is 1. The van der Waals surface area contributed by atoms with Gasteiger partial charge in [0.1, 0.15) is 11.5 Å². The summed E-state index contributed by atoms with van der Waals surface area (Å²) in [5.74, 6) is 1.79. The van der Waals surface area contributed by atoms with Crippen molar-refractivity contribution in [3.63, 3.8) is 0 Å². The molecule has 1 unspecified atom stereocenters. The largest absolute Gasteiger partial charge is 0.495 e. The molecule has 0 saturated carbocycles. The van der Waals surface area contributed by atoms with Crippen molar-refractivity contribution in [2.24, 2.45) is 5.73 Å². The van der Waals surface area contributed by atoms with Crippen LogP contribution in [0.2, 0.25) is 5.02 Å². The Labute approximate surface area is 149 Å². The van der Waals surface area contributed by atoms with Crippen molar-refractivity contribution < 1.29 is 9.47 Å². The van der Waals surface area contributed by atoms with Crippen LogP contribution in [0.15, 0.2) is 30.3 Å². The summed E-state index contributed by atoms with van der Waals surface area (Å²) in [6.07, 6.45) is 0.808. The van der Waals surface area contributed by atoms with Gasteiger partial charge in [-0.2, -0.15) is 0 Å². The molecule has 2 N–H and O–H groups in total. The summed E-state index contributed by atoms with van der Waals surface area (Å²) in [6.45, 7) is 7.40. The molecule has 0 radical (unpaired) electrons. The van der Waals surface area contributed by atoms with Crippen LogP contribution in [0.4, 0.5) is 0 Å². The van der Waals surface area contributed by atoms with Gasteiger partial charge >= 0.3 is 0 Å². The third-order valence-electron chi connectivity index (χ3n) is 4.35. The highest BCUT2D eigenvalue weighted by Gasteiger charge is 2.18. The van der Waals surface area contributed by atoms with E-state index in [1.165, 1.54) is 11.1 Å². The van der Waals surface area contributed by atoms with Crippen LogP contribution in [0, 0.1) is 13.8 Å². The smallest absolute Gasteiger partial charge is 0.137 e. The standard InChI is InChI=1S/C20H26ClNO2/c1-5-24-20-9-14(3)13(2)8-17(20)16(12-22)10-15-6-7-19(23-4)18(21)11-15/h6-9,11,16H,5,10,12,22H2,1-4H3. The van der Waals surface area contributed by atoms with Crippen molar-refractivity contribution >= 4 is 11.6 Å². The Balaban J connectivity index is 2.34. The van der Waals surface area contributed by atoms with Gasteiger partial charge < -0.3 is 15.2 Å². The molecule has 0 aliphatic carbocycles. The van der Waals surface area contributed by atoms with E-state index in [1.54, 1.807) is 7.11 Å². The van der Waals surface area contributed by atoms with Crippen LogP contribution in [0.3, 0.4) is 0 Å². The molecule has 3 nitrogen and oxygen atoms in total. The third kappa shape index (κ3) is 4.22. The zero-order valence-electron chi connectivity index (χ0n) is 14.9. The molecule has 0 fully saturated rings. The number of ether oxygens (including phenoxy) is 2. The SMILES string of the molecule is CCOc1cc(C)c(C)cc1C(CN)Cc1ccc(OC)c(Cl)c1. The van der Waals surface area contributed by atoms with Crippen molar-refractivity contribution in [2.45, 2.75) is 33.1 Å². The molecule has 2 rings (SSSR count). The molecule has 0 amide bonds. The zero-order chi connectivity index (χ0) is 17.7. The summed E-state index contributed by atoms with van der Waals surface area (Å²) in [5.41, 5.74) is 10.9. The maximum Gasteiger partial charge on any atom is 0.137 e. The molecule has 1 atom stereocenters. The average Bonchev–Trinajstić information content (AvgIpc) is 2.56. The number of aryl methyl sites for hydroxylation is 2. The first-order chi connectivity index (χ1) is 11.5. The fourth-order valence-electron chi connectivity index (χ4n) is 2.85. The monoisotopic (exact) mass is 347 g/mol. The molecule has 0 saturated heterocycles. The molecule has 24 heavy (non-hydrogen) atoms. The quantitative estimate of drug-likeness (QED) is 0.792. The molecule has 0 aliphatic rings. The van der Waals surface area contributed by atoms with E-state index in [2.05, 4.69) is 26.0 Å². The van der Waals surface area contributed by atoms with Gasteiger partial charge in [0.25, 0.3) is 0 Å². The number of methoxy groups -OCH3 is 1. The summed E-state index contributed by atoms with van der Waals surface area (Å²) in [5, 5.41) is 0.621. The second-order valence-corrected chi connectivity index (χ2v) is 6.42. The summed E-state index contributed by atoms with van der Waals surface area (Å²) in [7, 11) is 1.62. The number of rotatable bonds is 7. The van der Waals surface area contributed by atoms with Crippen LogP contribution in [0.5, 0.6) is 11.5 Å². The van der Waals surface area contributed by atoms with Crippen molar-refractivity contribution in [3.05, 3.63) is 57.6 Å². The van der Waals surface area contributed by atoms with Gasteiger partial charge in [-0.3, -0.25) is 0 Å². The van der Waals surface area contributed by atoms with E-state index in [9.17, 15) is 0 Å². The van der Waals surface area contributed by atoms with E-state index in [0.717, 1.165) is 23.3 Å².